The van der Waals surface area contributed by atoms with E-state index in [1.807, 2.05) is 30.3 Å². The van der Waals surface area contributed by atoms with Crippen molar-refractivity contribution in [3.8, 4) is 0 Å². The van der Waals surface area contributed by atoms with Gasteiger partial charge < -0.3 is 5.32 Å². The van der Waals surface area contributed by atoms with Gasteiger partial charge in [0.15, 0.2) is 0 Å². The van der Waals surface area contributed by atoms with E-state index in [2.05, 4.69) is 18.5 Å². The lowest BCUT2D eigenvalue weighted by molar-refractivity contribution is 1.50. The molecule has 0 bridgehead atoms. The molecule has 1 aromatic rings. The van der Waals surface area contributed by atoms with Crippen LogP contribution < -0.4 is 5.32 Å². The molecule has 11 heavy (non-hydrogen) atoms. The molecule has 0 aromatic heterocycles. The van der Waals surface area contributed by atoms with Crippen molar-refractivity contribution in [2.24, 2.45) is 0 Å². The normalized spacial score (nSPS) is 8.73. The fourth-order valence-corrected chi connectivity index (χ4v) is 0.758. The Balaban J connectivity index is 2.65. The molecular weight excluding hydrogens is 134 g/mol. The van der Waals surface area contributed by atoms with Crippen molar-refractivity contribution in [1.82, 2.24) is 0 Å². The maximum absolute atomic E-state index is 3.74. The summed E-state index contributed by atoms with van der Waals surface area (Å²) in [5, 5.41) is 3.08. The van der Waals surface area contributed by atoms with E-state index in [1.54, 1.807) is 6.08 Å². The van der Waals surface area contributed by atoms with Crippen LogP contribution in [-0.2, 0) is 0 Å². The minimum absolute atomic E-state index is 0.816. The van der Waals surface area contributed by atoms with Crippen LogP contribution in [0.15, 0.2) is 55.3 Å². The van der Waals surface area contributed by atoms with E-state index in [9.17, 15) is 0 Å². The molecule has 1 N–H and O–H groups in total. The van der Waals surface area contributed by atoms with E-state index in [4.69, 9.17) is 0 Å². The highest BCUT2D eigenvalue weighted by Crippen LogP contribution is 2.07. The quantitative estimate of drug-likeness (QED) is 0.645. The van der Waals surface area contributed by atoms with Crippen LogP contribution in [0.3, 0.4) is 0 Å². The molecule has 0 atom stereocenters. The minimum Gasteiger partial charge on any atom is -0.356 e. The molecule has 0 unspecified atom stereocenters. The summed E-state index contributed by atoms with van der Waals surface area (Å²) in [5.74, 6) is 0. The highest BCUT2D eigenvalue weighted by molar-refractivity contribution is 5.49. The smallest absolute Gasteiger partial charge is 0.0384 e. The zero-order valence-electron chi connectivity index (χ0n) is 6.38. The highest BCUT2D eigenvalue weighted by Gasteiger charge is 1.87. The lowest BCUT2D eigenvalue weighted by atomic mass is 10.3. The summed E-state index contributed by atoms with van der Waals surface area (Å²) in [6, 6.07) is 9.88. The van der Waals surface area contributed by atoms with Crippen molar-refractivity contribution in [2.75, 3.05) is 5.32 Å². The summed E-state index contributed by atoms with van der Waals surface area (Å²) < 4.78 is 0. The fourth-order valence-electron chi connectivity index (χ4n) is 0.758. The van der Waals surface area contributed by atoms with Crippen LogP contribution in [0, 0.1) is 0 Å². The van der Waals surface area contributed by atoms with Gasteiger partial charge in [0.25, 0.3) is 0 Å². The van der Waals surface area contributed by atoms with Gasteiger partial charge in [-0.1, -0.05) is 31.4 Å². The van der Waals surface area contributed by atoms with E-state index < -0.39 is 0 Å². The predicted octanol–water partition coefficient (Wildman–Crippen LogP) is 2.80. The molecule has 0 spiro atoms. The molecule has 1 rings (SSSR count). The summed E-state index contributed by atoms with van der Waals surface area (Å²) in [5.41, 5.74) is 1.86. The van der Waals surface area contributed by atoms with Crippen molar-refractivity contribution >= 4 is 5.69 Å². The van der Waals surface area contributed by atoms with Gasteiger partial charge in [0.05, 0.1) is 0 Å². The van der Waals surface area contributed by atoms with Gasteiger partial charge in [-0.2, -0.15) is 0 Å². The van der Waals surface area contributed by atoms with E-state index in [-0.39, 0.29) is 0 Å². The van der Waals surface area contributed by atoms with Gasteiger partial charge in [0, 0.05) is 11.4 Å². The number of hydrogen-bond acceptors (Lipinski definition) is 1. The van der Waals surface area contributed by atoms with Gasteiger partial charge >= 0.3 is 0 Å². The number of hydrogen-bond donors (Lipinski definition) is 1. The highest BCUT2D eigenvalue weighted by atomic mass is 14.9. The molecule has 0 saturated carbocycles. The van der Waals surface area contributed by atoms with Gasteiger partial charge in [0.1, 0.15) is 0 Å². The van der Waals surface area contributed by atoms with Gasteiger partial charge in [-0.05, 0) is 18.2 Å². The first-order valence-electron chi connectivity index (χ1n) is 3.46. The lowest BCUT2D eigenvalue weighted by Gasteiger charge is -2.03. The molecule has 0 aliphatic heterocycles. The van der Waals surface area contributed by atoms with Crippen LogP contribution in [0.25, 0.3) is 0 Å². The van der Waals surface area contributed by atoms with Crippen molar-refractivity contribution in [3.05, 3.63) is 55.3 Å². The van der Waals surface area contributed by atoms with Crippen molar-refractivity contribution in [2.45, 2.75) is 0 Å². The third-order valence-electron chi connectivity index (χ3n) is 1.33. The second-order valence-corrected chi connectivity index (χ2v) is 2.22. The van der Waals surface area contributed by atoms with E-state index in [0.717, 1.165) is 11.4 Å². The molecule has 0 amide bonds. The van der Waals surface area contributed by atoms with Gasteiger partial charge in [-0.15, -0.1) is 0 Å². The number of anilines is 1. The largest absolute Gasteiger partial charge is 0.356 e. The molecule has 1 aromatic carbocycles. The first kappa shape index (κ1) is 7.61. The molecule has 0 aliphatic rings. The predicted molar refractivity (Wildman–Crippen MR) is 49.4 cm³/mol. The summed E-state index contributed by atoms with van der Waals surface area (Å²) in [6.07, 6.45) is 1.69. The van der Waals surface area contributed by atoms with Crippen LogP contribution in [-0.4, -0.2) is 0 Å². The third-order valence-corrected chi connectivity index (χ3v) is 1.33. The first-order valence-corrected chi connectivity index (χ1v) is 3.46. The second-order valence-electron chi connectivity index (χ2n) is 2.22. The molecule has 0 heterocycles. The third kappa shape index (κ3) is 2.30. The molecule has 56 valence electrons. The summed E-state index contributed by atoms with van der Waals surface area (Å²) in [7, 11) is 0. The first-order chi connectivity index (χ1) is 5.33. The number of nitrogens with one attached hydrogen (secondary N) is 1. The molecular formula is C10H11N. The Bertz CT molecular complexity index is 249. The van der Waals surface area contributed by atoms with Crippen molar-refractivity contribution in [3.63, 3.8) is 0 Å². The maximum Gasteiger partial charge on any atom is 0.0384 e. The number of benzene rings is 1. The molecule has 1 heteroatoms. The van der Waals surface area contributed by atoms with Crippen LogP contribution in [0.2, 0.25) is 0 Å². The number of para-hydroxylation sites is 1. The topological polar surface area (TPSA) is 12.0 Å². The average Bonchev–Trinajstić information content (AvgIpc) is 2.06. The Morgan fingerprint density at radius 1 is 1.27 bits per heavy atom. The number of allylic oxidation sites excluding steroid dienone is 1. The monoisotopic (exact) mass is 145 g/mol. The average molecular weight is 145 g/mol. The standard InChI is InChI=1S/C10H11N/c1-3-9(2)11-10-7-5-4-6-8-10/h3-8,11H,1-2H2. The Labute approximate surface area is 67.1 Å². The Hall–Kier alpha value is -1.50. The Morgan fingerprint density at radius 3 is 2.45 bits per heavy atom. The maximum atomic E-state index is 3.74. The zero-order chi connectivity index (χ0) is 8.10. The lowest BCUT2D eigenvalue weighted by Crippen LogP contribution is -1.93. The van der Waals surface area contributed by atoms with E-state index in [0.29, 0.717) is 0 Å². The zero-order valence-corrected chi connectivity index (χ0v) is 6.38. The van der Waals surface area contributed by atoms with Crippen molar-refractivity contribution < 1.29 is 0 Å². The Kier molecular flexibility index (Phi) is 2.50. The van der Waals surface area contributed by atoms with Crippen molar-refractivity contribution in [1.29, 1.82) is 0 Å². The van der Waals surface area contributed by atoms with Crippen LogP contribution in [0.1, 0.15) is 0 Å². The van der Waals surface area contributed by atoms with Crippen LogP contribution in [0.5, 0.6) is 0 Å². The second kappa shape index (κ2) is 3.62. The van der Waals surface area contributed by atoms with Gasteiger partial charge in [-0.3, -0.25) is 0 Å². The van der Waals surface area contributed by atoms with Crippen LogP contribution >= 0.6 is 0 Å². The van der Waals surface area contributed by atoms with E-state index >= 15 is 0 Å². The summed E-state index contributed by atoms with van der Waals surface area (Å²) >= 11 is 0. The van der Waals surface area contributed by atoms with Gasteiger partial charge in [0.2, 0.25) is 0 Å². The number of rotatable bonds is 3. The van der Waals surface area contributed by atoms with Crippen LogP contribution in [0.4, 0.5) is 5.69 Å². The molecule has 0 saturated heterocycles. The fraction of sp³-hybridized carbons (Fsp3) is 0. The molecule has 0 fully saturated rings. The van der Waals surface area contributed by atoms with E-state index in [1.165, 1.54) is 0 Å². The Morgan fingerprint density at radius 2 is 1.91 bits per heavy atom. The summed E-state index contributed by atoms with van der Waals surface area (Å²) in [4.78, 5) is 0. The SMILES string of the molecule is C=CC(=C)Nc1ccccc1. The molecule has 0 aliphatic carbocycles. The molecule has 1 nitrogen and oxygen atoms in total. The summed E-state index contributed by atoms with van der Waals surface area (Å²) in [6.45, 7) is 7.33. The minimum atomic E-state index is 0.816. The molecule has 0 radical (unpaired) electrons. The van der Waals surface area contributed by atoms with Gasteiger partial charge in [-0.25, -0.2) is 0 Å².